The number of nitrogens with one attached hydrogen (secondary N) is 1. The van der Waals surface area contributed by atoms with Crippen LogP contribution in [0.2, 0.25) is 0 Å². The van der Waals surface area contributed by atoms with E-state index in [1.54, 1.807) is 0 Å². The van der Waals surface area contributed by atoms with E-state index < -0.39 is 0 Å². The number of hydrogen-bond donors (Lipinski definition) is 1. The molecule has 3 nitrogen and oxygen atoms in total. The highest BCUT2D eigenvalue weighted by molar-refractivity contribution is 4.90. The molecule has 3 aliphatic rings. The SMILES string of the molecule is C1CCN2CCN(C3CCNC3)CC2C1. The first-order chi connectivity index (χ1) is 7.43. The smallest absolute Gasteiger partial charge is 0.0233 e. The number of fused-ring (bicyclic) bond motifs is 1. The van der Waals surface area contributed by atoms with Gasteiger partial charge in [0, 0.05) is 38.3 Å². The average molecular weight is 209 g/mol. The van der Waals surface area contributed by atoms with Crippen LogP contribution in [-0.2, 0) is 0 Å². The van der Waals surface area contributed by atoms with Crippen molar-refractivity contribution in [3.63, 3.8) is 0 Å². The Morgan fingerprint density at radius 1 is 0.867 bits per heavy atom. The third kappa shape index (κ3) is 2.05. The van der Waals surface area contributed by atoms with Gasteiger partial charge in [-0.1, -0.05) is 6.42 Å². The van der Waals surface area contributed by atoms with Gasteiger partial charge in [-0.25, -0.2) is 0 Å². The van der Waals surface area contributed by atoms with Crippen LogP contribution in [0, 0.1) is 0 Å². The zero-order valence-electron chi connectivity index (χ0n) is 9.62. The van der Waals surface area contributed by atoms with Gasteiger partial charge in [0.15, 0.2) is 0 Å². The van der Waals surface area contributed by atoms with Gasteiger partial charge >= 0.3 is 0 Å². The lowest BCUT2D eigenvalue weighted by Gasteiger charge is -2.45. The Morgan fingerprint density at radius 2 is 1.80 bits per heavy atom. The zero-order valence-corrected chi connectivity index (χ0v) is 9.62. The van der Waals surface area contributed by atoms with Crippen molar-refractivity contribution < 1.29 is 0 Å². The Bertz CT molecular complexity index is 213. The Morgan fingerprint density at radius 3 is 2.67 bits per heavy atom. The van der Waals surface area contributed by atoms with Crippen LogP contribution in [0.25, 0.3) is 0 Å². The van der Waals surface area contributed by atoms with Crippen molar-refractivity contribution in [1.29, 1.82) is 0 Å². The highest BCUT2D eigenvalue weighted by atomic mass is 15.3. The maximum Gasteiger partial charge on any atom is 0.0233 e. The van der Waals surface area contributed by atoms with Crippen molar-refractivity contribution in [3.8, 4) is 0 Å². The number of piperidine rings is 1. The van der Waals surface area contributed by atoms with E-state index in [2.05, 4.69) is 15.1 Å². The summed E-state index contributed by atoms with van der Waals surface area (Å²) >= 11 is 0. The van der Waals surface area contributed by atoms with Crippen molar-refractivity contribution in [1.82, 2.24) is 15.1 Å². The van der Waals surface area contributed by atoms with Gasteiger partial charge in [0.25, 0.3) is 0 Å². The van der Waals surface area contributed by atoms with E-state index in [1.165, 1.54) is 65.0 Å². The standard InChI is InChI=1S/C12H23N3/c1-2-6-14-7-8-15(10-12(14)3-1)11-4-5-13-9-11/h11-13H,1-10H2. The van der Waals surface area contributed by atoms with Crippen LogP contribution in [0.15, 0.2) is 0 Å². The maximum absolute atomic E-state index is 3.49. The first-order valence-electron chi connectivity index (χ1n) is 6.62. The van der Waals surface area contributed by atoms with E-state index in [4.69, 9.17) is 0 Å². The fraction of sp³-hybridized carbons (Fsp3) is 1.00. The molecule has 86 valence electrons. The molecule has 0 amide bonds. The van der Waals surface area contributed by atoms with Crippen LogP contribution < -0.4 is 5.32 Å². The molecule has 3 fully saturated rings. The molecule has 2 unspecified atom stereocenters. The normalized spacial score (nSPS) is 39.2. The lowest BCUT2D eigenvalue weighted by atomic mass is 9.98. The Kier molecular flexibility index (Phi) is 2.95. The second kappa shape index (κ2) is 4.40. The Balaban J connectivity index is 1.59. The molecule has 3 rings (SSSR count). The molecule has 15 heavy (non-hydrogen) atoms. The summed E-state index contributed by atoms with van der Waals surface area (Å²) in [6.07, 6.45) is 5.70. The van der Waals surface area contributed by atoms with Gasteiger partial charge in [-0.05, 0) is 32.4 Å². The van der Waals surface area contributed by atoms with Gasteiger partial charge in [0.2, 0.25) is 0 Å². The zero-order chi connectivity index (χ0) is 10.1. The average Bonchev–Trinajstić information content (AvgIpc) is 2.82. The molecule has 0 aromatic heterocycles. The van der Waals surface area contributed by atoms with E-state index in [1.807, 2.05) is 0 Å². The van der Waals surface area contributed by atoms with Gasteiger partial charge in [0.05, 0.1) is 0 Å². The van der Waals surface area contributed by atoms with Crippen molar-refractivity contribution >= 4 is 0 Å². The van der Waals surface area contributed by atoms with Crippen LogP contribution in [0.4, 0.5) is 0 Å². The molecule has 3 heterocycles. The fourth-order valence-electron chi connectivity index (χ4n) is 3.46. The molecular formula is C12H23N3. The summed E-state index contributed by atoms with van der Waals surface area (Å²) < 4.78 is 0. The van der Waals surface area contributed by atoms with Crippen LogP contribution in [0.5, 0.6) is 0 Å². The minimum atomic E-state index is 0.842. The van der Waals surface area contributed by atoms with Crippen molar-refractivity contribution in [2.75, 3.05) is 39.3 Å². The van der Waals surface area contributed by atoms with Crippen LogP contribution in [-0.4, -0.2) is 61.2 Å². The lowest BCUT2D eigenvalue weighted by molar-refractivity contribution is 0.0314. The molecule has 3 saturated heterocycles. The third-order valence-corrected chi connectivity index (χ3v) is 4.42. The van der Waals surface area contributed by atoms with Crippen LogP contribution in [0.3, 0.4) is 0 Å². The lowest BCUT2D eigenvalue weighted by Crippen LogP contribution is -2.57. The Hall–Kier alpha value is -0.120. The molecule has 2 atom stereocenters. The number of hydrogen-bond acceptors (Lipinski definition) is 3. The van der Waals surface area contributed by atoms with E-state index >= 15 is 0 Å². The van der Waals surface area contributed by atoms with E-state index in [0.29, 0.717) is 0 Å². The van der Waals surface area contributed by atoms with Gasteiger partial charge in [-0.15, -0.1) is 0 Å². The highest BCUT2D eigenvalue weighted by Gasteiger charge is 2.32. The van der Waals surface area contributed by atoms with Crippen molar-refractivity contribution in [2.45, 2.75) is 37.8 Å². The fourth-order valence-corrected chi connectivity index (χ4v) is 3.46. The maximum atomic E-state index is 3.49. The first kappa shape index (κ1) is 10.1. The molecule has 0 radical (unpaired) electrons. The molecule has 0 spiro atoms. The first-order valence-corrected chi connectivity index (χ1v) is 6.62. The van der Waals surface area contributed by atoms with Crippen LogP contribution in [0.1, 0.15) is 25.7 Å². The summed E-state index contributed by atoms with van der Waals surface area (Å²) in [7, 11) is 0. The van der Waals surface area contributed by atoms with Crippen molar-refractivity contribution in [2.24, 2.45) is 0 Å². The van der Waals surface area contributed by atoms with Gasteiger partial charge in [-0.3, -0.25) is 9.80 Å². The number of piperazine rings is 1. The van der Waals surface area contributed by atoms with Gasteiger partial charge in [0.1, 0.15) is 0 Å². The summed E-state index contributed by atoms with van der Waals surface area (Å²) in [6, 6.07) is 1.72. The monoisotopic (exact) mass is 209 g/mol. The highest BCUT2D eigenvalue weighted by Crippen LogP contribution is 2.23. The predicted octanol–water partition coefficient (Wildman–Crippen LogP) is 0.518. The number of rotatable bonds is 1. The quantitative estimate of drug-likeness (QED) is 0.679. The molecule has 0 saturated carbocycles. The topological polar surface area (TPSA) is 18.5 Å². The largest absolute Gasteiger partial charge is 0.315 e. The molecule has 1 N–H and O–H groups in total. The summed E-state index contributed by atoms with van der Waals surface area (Å²) in [6.45, 7) is 7.79. The molecule has 0 aromatic carbocycles. The molecule has 0 aliphatic carbocycles. The minimum absolute atomic E-state index is 0.842. The molecule has 3 aliphatic heterocycles. The van der Waals surface area contributed by atoms with Gasteiger partial charge in [-0.2, -0.15) is 0 Å². The molecule has 0 aromatic rings. The molecular weight excluding hydrogens is 186 g/mol. The molecule has 3 heteroatoms. The van der Waals surface area contributed by atoms with E-state index in [-0.39, 0.29) is 0 Å². The minimum Gasteiger partial charge on any atom is -0.315 e. The Labute approximate surface area is 92.8 Å². The predicted molar refractivity (Wildman–Crippen MR) is 62.1 cm³/mol. The second-order valence-corrected chi connectivity index (χ2v) is 5.33. The summed E-state index contributed by atoms with van der Waals surface area (Å²) in [4.78, 5) is 5.47. The van der Waals surface area contributed by atoms with E-state index in [9.17, 15) is 0 Å². The van der Waals surface area contributed by atoms with Crippen molar-refractivity contribution in [3.05, 3.63) is 0 Å². The third-order valence-electron chi connectivity index (χ3n) is 4.42. The second-order valence-electron chi connectivity index (χ2n) is 5.33. The van der Waals surface area contributed by atoms with E-state index in [0.717, 1.165) is 12.1 Å². The number of nitrogens with zero attached hydrogens (tertiary/aromatic N) is 2. The summed E-state index contributed by atoms with van der Waals surface area (Å²) in [5, 5.41) is 3.49. The van der Waals surface area contributed by atoms with Crippen LogP contribution >= 0.6 is 0 Å². The molecule has 0 bridgehead atoms. The summed E-state index contributed by atoms with van der Waals surface area (Å²) in [5.41, 5.74) is 0. The van der Waals surface area contributed by atoms with Gasteiger partial charge < -0.3 is 5.32 Å². The summed E-state index contributed by atoms with van der Waals surface area (Å²) in [5.74, 6) is 0.